The summed E-state index contributed by atoms with van der Waals surface area (Å²) in [4.78, 5) is 33.7. The van der Waals surface area contributed by atoms with Gasteiger partial charge < -0.3 is 9.84 Å². The van der Waals surface area contributed by atoms with Crippen molar-refractivity contribution < 1.29 is 24.2 Å². The van der Waals surface area contributed by atoms with E-state index >= 15 is 0 Å². The van der Waals surface area contributed by atoms with Crippen molar-refractivity contribution in [1.29, 1.82) is 0 Å². The van der Waals surface area contributed by atoms with E-state index in [9.17, 15) is 14.4 Å². The molecule has 0 spiro atoms. The van der Waals surface area contributed by atoms with E-state index in [-0.39, 0.29) is 30.6 Å². The van der Waals surface area contributed by atoms with Crippen molar-refractivity contribution in [1.82, 2.24) is 4.90 Å². The van der Waals surface area contributed by atoms with Gasteiger partial charge in [-0.15, -0.1) is 11.8 Å². The van der Waals surface area contributed by atoms with Crippen LogP contribution in [0.15, 0.2) is 11.1 Å². The van der Waals surface area contributed by atoms with E-state index in [2.05, 4.69) is 0 Å². The number of thioether (sulfide) groups is 1. The minimum absolute atomic E-state index is 0.00840. The topological polar surface area (TPSA) is 83.9 Å². The molecule has 1 amide bonds. The number of ether oxygens (including phenoxy) is 1. The van der Waals surface area contributed by atoms with Crippen LogP contribution in [0.3, 0.4) is 0 Å². The summed E-state index contributed by atoms with van der Waals surface area (Å²) in [5.74, 6) is -1.69. The zero-order valence-electron chi connectivity index (χ0n) is 9.13. The summed E-state index contributed by atoms with van der Waals surface area (Å²) in [6.07, 6.45) is 0.725. The molecular weight excluding hydrogens is 246 g/mol. The van der Waals surface area contributed by atoms with Crippen LogP contribution >= 0.6 is 11.8 Å². The molecule has 0 aromatic rings. The Kier molecular flexibility index (Phi) is 2.86. The van der Waals surface area contributed by atoms with Gasteiger partial charge in [-0.3, -0.25) is 14.5 Å². The summed E-state index contributed by atoms with van der Waals surface area (Å²) in [6.45, 7) is 1.50. The van der Waals surface area contributed by atoms with Crippen LogP contribution < -0.4 is 0 Å². The van der Waals surface area contributed by atoms with Crippen LogP contribution in [0, 0.1) is 0 Å². The van der Waals surface area contributed by atoms with Gasteiger partial charge in [0.1, 0.15) is 10.6 Å². The van der Waals surface area contributed by atoms with Gasteiger partial charge in [0.25, 0.3) is 0 Å². The van der Waals surface area contributed by atoms with Crippen LogP contribution in [0.5, 0.6) is 0 Å². The number of rotatable bonds is 4. The van der Waals surface area contributed by atoms with E-state index in [4.69, 9.17) is 9.84 Å². The molecule has 2 rings (SSSR count). The highest BCUT2D eigenvalue weighted by Crippen LogP contribution is 2.52. The Bertz CT molecular complexity index is 432. The molecule has 0 radical (unpaired) electrons. The van der Waals surface area contributed by atoms with Crippen molar-refractivity contribution >= 4 is 29.6 Å². The van der Waals surface area contributed by atoms with Crippen LogP contribution in [-0.4, -0.2) is 39.3 Å². The molecule has 2 aliphatic heterocycles. The highest BCUT2D eigenvalue weighted by Gasteiger charge is 2.57. The molecule has 6 nitrogen and oxygen atoms in total. The fourth-order valence-corrected chi connectivity index (χ4v) is 3.21. The van der Waals surface area contributed by atoms with E-state index < -0.39 is 10.8 Å². The number of amides is 1. The maximum Gasteiger partial charge on any atom is 0.353 e. The number of nitrogens with zero attached hydrogens (tertiary/aromatic N) is 1. The number of esters is 1. The van der Waals surface area contributed by atoms with Gasteiger partial charge in [-0.05, 0) is 0 Å². The van der Waals surface area contributed by atoms with Gasteiger partial charge >= 0.3 is 11.9 Å². The molecule has 0 aliphatic carbocycles. The first kappa shape index (κ1) is 12.0. The van der Waals surface area contributed by atoms with Gasteiger partial charge in [0, 0.05) is 18.8 Å². The average molecular weight is 257 g/mol. The number of hydrogen-bond donors (Lipinski definition) is 1. The molecule has 1 atom stereocenters. The predicted octanol–water partition coefficient (Wildman–Crippen LogP) is 0.541. The van der Waals surface area contributed by atoms with Crippen molar-refractivity contribution in [3.8, 4) is 0 Å². The molecule has 1 unspecified atom stereocenters. The third kappa shape index (κ3) is 1.90. The number of carbonyl (C=O) groups excluding carboxylic acids is 2. The number of fused-ring (bicyclic) bond motifs is 1. The van der Waals surface area contributed by atoms with Crippen LogP contribution in [0.4, 0.5) is 0 Å². The first-order chi connectivity index (χ1) is 7.96. The zero-order chi connectivity index (χ0) is 12.6. The van der Waals surface area contributed by atoms with Gasteiger partial charge in [-0.2, -0.15) is 0 Å². The third-order valence-electron chi connectivity index (χ3n) is 2.73. The summed E-state index contributed by atoms with van der Waals surface area (Å²) >= 11 is 1.30. The Labute approximate surface area is 102 Å². The number of hydrogen-bond acceptors (Lipinski definition) is 5. The van der Waals surface area contributed by atoms with Crippen molar-refractivity contribution in [2.75, 3.05) is 6.61 Å². The van der Waals surface area contributed by atoms with Gasteiger partial charge in [0.05, 0.1) is 13.0 Å². The second-order valence-electron chi connectivity index (χ2n) is 3.87. The smallest absolute Gasteiger partial charge is 0.353 e. The first-order valence-corrected chi connectivity index (χ1v) is 5.92. The summed E-state index contributed by atoms with van der Waals surface area (Å²) in [5, 5.41) is 10.4. The van der Waals surface area contributed by atoms with E-state index in [0.29, 0.717) is 6.42 Å². The van der Waals surface area contributed by atoms with Crippen LogP contribution in [0.1, 0.15) is 19.8 Å². The normalized spacial score (nSPS) is 26.1. The van der Waals surface area contributed by atoms with Crippen molar-refractivity contribution in [3.63, 3.8) is 0 Å². The van der Waals surface area contributed by atoms with Gasteiger partial charge in [0.2, 0.25) is 5.91 Å². The molecule has 0 aromatic carbocycles. The van der Waals surface area contributed by atoms with E-state index in [1.54, 1.807) is 0 Å². The minimum Gasteiger partial charge on any atom is -0.477 e. The Balaban J connectivity index is 2.02. The number of β-lactam (4-membered cyclic amide) rings is 1. The molecule has 0 bridgehead atoms. The van der Waals surface area contributed by atoms with Crippen LogP contribution in [0.2, 0.25) is 0 Å². The molecule has 92 valence electrons. The standard InChI is InChI=1S/C10H11NO5S/c1-6(12)16-3-2-10-4-8(13)11(10)7(5-17-10)9(14)15/h5H,2-4H2,1H3,(H,14,15). The summed E-state index contributed by atoms with van der Waals surface area (Å²) < 4.78 is 4.82. The Hall–Kier alpha value is -1.50. The fraction of sp³-hybridized carbons (Fsp3) is 0.500. The fourth-order valence-electron chi connectivity index (χ4n) is 1.96. The molecule has 2 aliphatic rings. The molecule has 2 heterocycles. The number of carboxylic acids is 1. The van der Waals surface area contributed by atoms with Crippen LogP contribution in [-0.2, 0) is 19.1 Å². The first-order valence-electron chi connectivity index (χ1n) is 5.04. The van der Waals surface area contributed by atoms with Gasteiger partial charge in [-0.1, -0.05) is 0 Å². The molecular formula is C10H11NO5S. The summed E-state index contributed by atoms with van der Waals surface area (Å²) in [5.41, 5.74) is 0.00840. The molecule has 1 N–H and O–H groups in total. The Morgan fingerprint density at radius 1 is 1.65 bits per heavy atom. The maximum atomic E-state index is 11.4. The SMILES string of the molecule is CC(=O)OCCC12CC(=O)N1C(C(=O)O)=CS2. The lowest BCUT2D eigenvalue weighted by atomic mass is 9.97. The number of aliphatic carboxylic acids is 1. The minimum atomic E-state index is -1.11. The third-order valence-corrected chi connectivity index (χ3v) is 4.04. The van der Waals surface area contributed by atoms with Crippen LogP contribution in [0.25, 0.3) is 0 Å². The molecule has 17 heavy (non-hydrogen) atoms. The lowest BCUT2D eigenvalue weighted by molar-refractivity contribution is -0.152. The quantitative estimate of drug-likeness (QED) is 0.584. The summed E-state index contributed by atoms with van der Waals surface area (Å²) in [7, 11) is 0. The van der Waals surface area contributed by atoms with E-state index in [1.807, 2.05) is 0 Å². The second kappa shape index (κ2) is 4.06. The molecule has 0 saturated carbocycles. The molecule has 1 fully saturated rings. The predicted molar refractivity (Wildman–Crippen MR) is 58.8 cm³/mol. The monoisotopic (exact) mass is 257 g/mol. The number of carboxylic acid groups (broad SMARTS) is 1. The van der Waals surface area contributed by atoms with Gasteiger partial charge in [0.15, 0.2) is 0 Å². The zero-order valence-corrected chi connectivity index (χ0v) is 9.95. The maximum absolute atomic E-state index is 11.4. The summed E-state index contributed by atoms with van der Waals surface area (Å²) in [6, 6.07) is 0. The molecule has 0 aromatic heterocycles. The van der Waals surface area contributed by atoms with Crippen molar-refractivity contribution in [3.05, 3.63) is 11.1 Å². The van der Waals surface area contributed by atoms with Crippen molar-refractivity contribution in [2.24, 2.45) is 0 Å². The highest BCUT2D eigenvalue weighted by molar-refractivity contribution is 8.03. The Morgan fingerprint density at radius 3 is 2.88 bits per heavy atom. The average Bonchev–Trinajstić information content (AvgIpc) is 2.51. The van der Waals surface area contributed by atoms with Crippen molar-refractivity contribution in [2.45, 2.75) is 24.6 Å². The highest BCUT2D eigenvalue weighted by atomic mass is 32.2. The molecule has 1 saturated heterocycles. The van der Waals surface area contributed by atoms with E-state index in [0.717, 1.165) is 0 Å². The lowest BCUT2D eigenvalue weighted by Crippen LogP contribution is -2.59. The second-order valence-corrected chi connectivity index (χ2v) is 5.10. The lowest BCUT2D eigenvalue weighted by Gasteiger charge is -2.46. The number of carbonyl (C=O) groups is 3. The Morgan fingerprint density at radius 2 is 2.35 bits per heavy atom. The van der Waals surface area contributed by atoms with E-state index in [1.165, 1.54) is 29.0 Å². The van der Waals surface area contributed by atoms with Gasteiger partial charge in [-0.25, -0.2) is 4.79 Å². The largest absolute Gasteiger partial charge is 0.477 e. The molecule has 7 heteroatoms.